The van der Waals surface area contributed by atoms with E-state index >= 15 is 0 Å². The van der Waals surface area contributed by atoms with Gasteiger partial charge in [0, 0.05) is 25.9 Å². The summed E-state index contributed by atoms with van der Waals surface area (Å²) in [6.07, 6.45) is 3.38. The minimum Gasteiger partial charge on any atom is -0.357 e. The Morgan fingerprint density at radius 2 is 1.94 bits per heavy atom. The Morgan fingerprint density at radius 1 is 1.25 bits per heavy atom. The zero-order valence-corrected chi connectivity index (χ0v) is 11.2. The highest BCUT2D eigenvalue weighted by Crippen LogP contribution is 1.87. The van der Waals surface area contributed by atoms with Crippen molar-refractivity contribution in [3.8, 4) is 0 Å². The Bertz CT molecular complexity index is 299. The second-order valence-electron chi connectivity index (χ2n) is 3.67. The first kappa shape index (κ1) is 15.2. The maximum atomic E-state index is 10.9. The topological polar surface area (TPSA) is 70.6 Å². The highest BCUT2D eigenvalue weighted by Gasteiger charge is 2.02. The van der Waals surface area contributed by atoms with Gasteiger partial charge in [-0.3, -0.25) is 4.99 Å². The van der Waals surface area contributed by atoms with E-state index in [9.17, 15) is 8.42 Å². The Balaban J connectivity index is 3.98. The van der Waals surface area contributed by atoms with Gasteiger partial charge in [0.2, 0.25) is 0 Å². The van der Waals surface area contributed by atoms with Crippen LogP contribution in [0.2, 0.25) is 0 Å². The molecule has 0 amide bonds. The van der Waals surface area contributed by atoms with Gasteiger partial charge in [-0.05, 0) is 13.3 Å². The third-order valence-electron chi connectivity index (χ3n) is 1.89. The predicted octanol–water partition coefficient (Wildman–Crippen LogP) is 0.386. The maximum absolute atomic E-state index is 10.9. The number of guanidine groups is 1. The van der Waals surface area contributed by atoms with Gasteiger partial charge < -0.3 is 10.6 Å². The lowest BCUT2D eigenvalue weighted by Gasteiger charge is -2.10. The number of nitrogens with one attached hydrogen (secondary N) is 2. The van der Waals surface area contributed by atoms with Crippen LogP contribution < -0.4 is 10.6 Å². The van der Waals surface area contributed by atoms with Gasteiger partial charge in [-0.15, -0.1) is 0 Å². The molecule has 0 saturated carbocycles. The van der Waals surface area contributed by atoms with E-state index in [1.54, 1.807) is 0 Å². The first-order valence-electron chi connectivity index (χ1n) is 5.69. The molecule has 0 aromatic rings. The van der Waals surface area contributed by atoms with Crippen LogP contribution in [0.15, 0.2) is 4.99 Å². The van der Waals surface area contributed by atoms with E-state index in [1.807, 2.05) is 6.92 Å². The van der Waals surface area contributed by atoms with Gasteiger partial charge in [-0.2, -0.15) is 0 Å². The Morgan fingerprint density at radius 3 is 2.44 bits per heavy atom. The number of sulfone groups is 1. The standard InChI is InChI=1S/C10H23N3O2S/c1-4-6-7-12-10(11-5-2)13-8-9-16(3,14)15/h4-9H2,1-3H3,(H2,11,12,13). The summed E-state index contributed by atoms with van der Waals surface area (Å²) in [4.78, 5) is 4.32. The first-order valence-corrected chi connectivity index (χ1v) is 7.75. The van der Waals surface area contributed by atoms with Gasteiger partial charge in [-0.1, -0.05) is 13.3 Å². The molecule has 0 atom stereocenters. The van der Waals surface area contributed by atoms with Crippen LogP contribution in [0.4, 0.5) is 0 Å². The molecule has 0 aliphatic carbocycles. The zero-order chi connectivity index (χ0) is 12.4. The van der Waals surface area contributed by atoms with E-state index in [0.717, 1.165) is 25.9 Å². The fourth-order valence-electron chi connectivity index (χ4n) is 1.05. The summed E-state index contributed by atoms with van der Waals surface area (Å²) in [5.74, 6) is 0.824. The van der Waals surface area contributed by atoms with E-state index in [-0.39, 0.29) is 5.75 Å². The molecule has 96 valence electrons. The van der Waals surface area contributed by atoms with Gasteiger partial charge in [0.15, 0.2) is 5.96 Å². The largest absolute Gasteiger partial charge is 0.357 e. The van der Waals surface area contributed by atoms with Crippen molar-refractivity contribution in [3.63, 3.8) is 0 Å². The summed E-state index contributed by atoms with van der Waals surface area (Å²) in [5, 5.41) is 6.07. The summed E-state index contributed by atoms with van der Waals surface area (Å²) in [5.41, 5.74) is 0. The first-order chi connectivity index (χ1) is 7.49. The number of hydrogen-bond donors (Lipinski definition) is 2. The van der Waals surface area contributed by atoms with E-state index < -0.39 is 9.84 Å². The van der Waals surface area contributed by atoms with Crippen molar-refractivity contribution in [2.45, 2.75) is 26.7 Å². The smallest absolute Gasteiger partial charge is 0.191 e. The molecule has 0 heterocycles. The molecule has 6 heteroatoms. The van der Waals surface area contributed by atoms with Crippen molar-refractivity contribution in [3.05, 3.63) is 0 Å². The summed E-state index contributed by atoms with van der Waals surface area (Å²) in [6.45, 7) is 6.03. The van der Waals surface area contributed by atoms with Crippen LogP contribution >= 0.6 is 0 Å². The Labute approximate surface area is 98.6 Å². The number of hydrogen-bond acceptors (Lipinski definition) is 3. The fourth-order valence-corrected chi connectivity index (χ4v) is 1.52. The molecule has 0 aliphatic heterocycles. The molecular weight excluding hydrogens is 226 g/mol. The van der Waals surface area contributed by atoms with Crippen LogP contribution in [0, 0.1) is 0 Å². The van der Waals surface area contributed by atoms with Crippen molar-refractivity contribution in [2.75, 3.05) is 31.6 Å². The molecule has 0 fully saturated rings. The van der Waals surface area contributed by atoms with Crippen molar-refractivity contribution in [1.82, 2.24) is 10.6 Å². The van der Waals surface area contributed by atoms with Gasteiger partial charge in [-0.25, -0.2) is 8.42 Å². The lowest BCUT2D eigenvalue weighted by Crippen LogP contribution is -2.39. The summed E-state index contributed by atoms with van der Waals surface area (Å²) in [6, 6.07) is 0. The van der Waals surface area contributed by atoms with E-state index in [2.05, 4.69) is 22.5 Å². The van der Waals surface area contributed by atoms with Crippen molar-refractivity contribution in [2.24, 2.45) is 4.99 Å². The Hall–Kier alpha value is -0.780. The van der Waals surface area contributed by atoms with Gasteiger partial charge in [0.05, 0.1) is 5.75 Å². The van der Waals surface area contributed by atoms with Gasteiger partial charge >= 0.3 is 0 Å². The lowest BCUT2D eigenvalue weighted by molar-refractivity contribution is 0.600. The second-order valence-corrected chi connectivity index (χ2v) is 5.93. The van der Waals surface area contributed by atoms with Crippen LogP contribution in [0.3, 0.4) is 0 Å². The minimum atomic E-state index is -2.91. The van der Waals surface area contributed by atoms with Crippen LogP contribution in [0.5, 0.6) is 0 Å². The van der Waals surface area contributed by atoms with Crippen molar-refractivity contribution < 1.29 is 8.42 Å². The molecule has 0 unspecified atom stereocenters. The minimum absolute atomic E-state index is 0.130. The molecule has 0 radical (unpaired) electrons. The van der Waals surface area contributed by atoms with Gasteiger partial charge in [0.1, 0.15) is 9.84 Å². The number of nitrogens with zero attached hydrogens (tertiary/aromatic N) is 1. The van der Waals surface area contributed by atoms with E-state index in [1.165, 1.54) is 6.26 Å². The molecule has 0 aromatic carbocycles. The summed E-state index contributed by atoms with van der Waals surface area (Å²) >= 11 is 0. The van der Waals surface area contributed by atoms with E-state index in [0.29, 0.717) is 12.5 Å². The second kappa shape index (κ2) is 8.38. The SMILES string of the molecule is CCCCN=C(NCC)NCCS(C)(=O)=O. The molecule has 5 nitrogen and oxygen atoms in total. The zero-order valence-electron chi connectivity index (χ0n) is 10.4. The van der Waals surface area contributed by atoms with Crippen LogP contribution in [-0.2, 0) is 9.84 Å². The predicted molar refractivity (Wildman–Crippen MR) is 68.6 cm³/mol. The summed E-state index contributed by atoms with van der Waals surface area (Å²) < 4.78 is 21.9. The average molecular weight is 249 g/mol. The van der Waals surface area contributed by atoms with Crippen LogP contribution in [0.25, 0.3) is 0 Å². The molecule has 0 spiro atoms. The quantitative estimate of drug-likeness (QED) is 0.389. The third-order valence-corrected chi connectivity index (χ3v) is 2.84. The molecule has 2 N–H and O–H groups in total. The van der Waals surface area contributed by atoms with E-state index in [4.69, 9.17) is 0 Å². The fraction of sp³-hybridized carbons (Fsp3) is 0.900. The highest BCUT2D eigenvalue weighted by atomic mass is 32.2. The monoisotopic (exact) mass is 249 g/mol. The number of aliphatic imine (C=N–C) groups is 1. The highest BCUT2D eigenvalue weighted by molar-refractivity contribution is 7.90. The van der Waals surface area contributed by atoms with Gasteiger partial charge in [0.25, 0.3) is 0 Å². The maximum Gasteiger partial charge on any atom is 0.191 e. The van der Waals surface area contributed by atoms with Crippen LogP contribution in [-0.4, -0.2) is 46.0 Å². The molecule has 0 aliphatic rings. The summed E-state index contributed by atoms with van der Waals surface area (Å²) in [7, 11) is -2.91. The molecule has 0 aromatic heterocycles. The van der Waals surface area contributed by atoms with Crippen molar-refractivity contribution >= 4 is 15.8 Å². The molecule has 16 heavy (non-hydrogen) atoms. The Kier molecular flexibility index (Phi) is 7.97. The molecule has 0 rings (SSSR count). The normalized spacial score (nSPS) is 12.6. The lowest BCUT2D eigenvalue weighted by atomic mass is 10.3. The molecular formula is C10H23N3O2S. The van der Waals surface area contributed by atoms with Crippen LogP contribution in [0.1, 0.15) is 26.7 Å². The third kappa shape index (κ3) is 9.76. The molecule has 0 bridgehead atoms. The average Bonchev–Trinajstić information content (AvgIpc) is 2.16. The number of rotatable bonds is 7. The van der Waals surface area contributed by atoms with Crippen molar-refractivity contribution in [1.29, 1.82) is 0 Å². The number of unbranched alkanes of at least 4 members (excludes halogenated alkanes) is 1. The molecule has 0 saturated heterocycles.